The van der Waals surface area contributed by atoms with Crippen LogP contribution in [0.2, 0.25) is 0 Å². The van der Waals surface area contributed by atoms with Crippen molar-refractivity contribution in [2.75, 3.05) is 39.0 Å². The molecule has 1 aliphatic rings. The molecule has 1 saturated carbocycles. The number of hydrogen-bond donors (Lipinski definition) is 2. The zero-order valence-corrected chi connectivity index (χ0v) is 16.0. The maximum Gasteiger partial charge on any atom is 0.213 e. The summed E-state index contributed by atoms with van der Waals surface area (Å²) >= 11 is 0. The third-order valence-electron chi connectivity index (χ3n) is 4.86. The maximum atomic E-state index is 11.7. The molecule has 1 rings (SSSR count). The molecule has 0 aromatic heterocycles. The van der Waals surface area contributed by atoms with Gasteiger partial charge in [-0.25, -0.2) is 12.7 Å². The molecule has 7 heteroatoms. The van der Waals surface area contributed by atoms with Gasteiger partial charge in [-0.1, -0.05) is 13.3 Å². The van der Waals surface area contributed by atoms with Crippen molar-refractivity contribution in [3.05, 3.63) is 0 Å². The lowest BCUT2D eigenvalue weighted by atomic mass is 9.67. The molecule has 2 N–H and O–H groups in total. The van der Waals surface area contributed by atoms with E-state index in [-0.39, 0.29) is 5.75 Å². The Hall–Kier alpha value is -0.820. The number of aliphatic imine (C=N–C) groups is 1. The van der Waals surface area contributed by atoms with E-state index >= 15 is 0 Å². The second-order valence-corrected chi connectivity index (χ2v) is 8.77. The smallest absolute Gasteiger partial charge is 0.213 e. The SMILES string of the molecule is CCNC(=NCC1(CC)CCC1)NCCCN(C)S(=O)(=O)CC. The van der Waals surface area contributed by atoms with Crippen molar-refractivity contribution >= 4 is 16.0 Å². The Labute approximate surface area is 142 Å². The Morgan fingerprint density at radius 1 is 1.22 bits per heavy atom. The molecule has 0 amide bonds. The normalized spacial score (nSPS) is 17.9. The molecule has 0 aromatic carbocycles. The molecule has 0 aliphatic heterocycles. The molecule has 0 radical (unpaired) electrons. The van der Waals surface area contributed by atoms with Crippen molar-refractivity contribution in [2.24, 2.45) is 10.4 Å². The molecule has 1 fully saturated rings. The van der Waals surface area contributed by atoms with Gasteiger partial charge < -0.3 is 10.6 Å². The van der Waals surface area contributed by atoms with Crippen LogP contribution < -0.4 is 10.6 Å². The van der Waals surface area contributed by atoms with Gasteiger partial charge in [-0.2, -0.15) is 0 Å². The first-order valence-electron chi connectivity index (χ1n) is 8.85. The Morgan fingerprint density at radius 2 is 1.91 bits per heavy atom. The van der Waals surface area contributed by atoms with E-state index in [0.29, 0.717) is 18.5 Å². The van der Waals surface area contributed by atoms with Gasteiger partial charge in [0.1, 0.15) is 0 Å². The summed E-state index contributed by atoms with van der Waals surface area (Å²) in [6.07, 6.45) is 5.85. The highest BCUT2D eigenvalue weighted by atomic mass is 32.2. The lowest BCUT2D eigenvalue weighted by molar-refractivity contribution is 0.139. The first-order valence-corrected chi connectivity index (χ1v) is 10.5. The highest BCUT2D eigenvalue weighted by Crippen LogP contribution is 2.43. The second-order valence-electron chi connectivity index (χ2n) is 6.40. The lowest BCUT2D eigenvalue weighted by Gasteiger charge is -2.40. The Bertz CT molecular complexity index is 467. The molecule has 0 aromatic rings. The molecule has 0 atom stereocenters. The summed E-state index contributed by atoms with van der Waals surface area (Å²) < 4.78 is 24.8. The van der Waals surface area contributed by atoms with E-state index < -0.39 is 10.0 Å². The summed E-state index contributed by atoms with van der Waals surface area (Å²) in [6, 6.07) is 0. The van der Waals surface area contributed by atoms with Gasteiger partial charge >= 0.3 is 0 Å². The van der Waals surface area contributed by atoms with Crippen LogP contribution in [-0.4, -0.2) is 57.7 Å². The highest BCUT2D eigenvalue weighted by Gasteiger charge is 2.34. The van der Waals surface area contributed by atoms with Crippen molar-refractivity contribution in [3.63, 3.8) is 0 Å². The van der Waals surface area contributed by atoms with E-state index in [4.69, 9.17) is 4.99 Å². The molecule has 6 nitrogen and oxygen atoms in total. The standard InChI is InChI=1S/C16H34N4O2S/c1-5-16(10-8-11-16)14-19-15(17-6-2)18-12-9-13-20(4)23(21,22)7-3/h5-14H2,1-4H3,(H2,17,18,19). The third-order valence-corrected chi connectivity index (χ3v) is 6.72. The van der Waals surface area contributed by atoms with E-state index in [2.05, 4.69) is 24.5 Å². The Kier molecular flexibility index (Phi) is 8.33. The molecule has 0 saturated heterocycles. The fourth-order valence-electron chi connectivity index (χ4n) is 2.76. The quantitative estimate of drug-likeness (QED) is 0.359. The lowest BCUT2D eigenvalue weighted by Crippen LogP contribution is -2.41. The molecule has 1 aliphatic carbocycles. The van der Waals surface area contributed by atoms with E-state index in [0.717, 1.165) is 25.5 Å². The minimum Gasteiger partial charge on any atom is -0.357 e. The van der Waals surface area contributed by atoms with Gasteiger partial charge in [0.2, 0.25) is 10.0 Å². The molecular formula is C16H34N4O2S. The molecule has 23 heavy (non-hydrogen) atoms. The largest absolute Gasteiger partial charge is 0.357 e. The summed E-state index contributed by atoms with van der Waals surface area (Å²) in [7, 11) is -1.44. The maximum absolute atomic E-state index is 11.7. The van der Waals surface area contributed by atoms with Gasteiger partial charge in [0.15, 0.2) is 5.96 Å². The predicted molar refractivity (Wildman–Crippen MR) is 97.3 cm³/mol. The van der Waals surface area contributed by atoms with Crippen molar-refractivity contribution in [3.8, 4) is 0 Å². The molecule has 136 valence electrons. The minimum absolute atomic E-state index is 0.153. The van der Waals surface area contributed by atoms with Crippen LogP contribution in [-0.2, 0) is 10.0 Å². The number of nitrogens with one attached hydrogen (secondary N) is 2. The third kappa shape index (κ3) is 6.30. The number of nitrogens with zero attached hydrogens (tertiary/aromatic N) is 2. The Morgan fingerprint density at radius 3 is 2.39 bits per heavy atom. The molecule has 0 heterocycles. The van der Waals surface area contributed by atoms with Gasteiger partial charge in [0.05, 0.1) is 5.75 Å². The van der Waals surface area contributed by atoms with Crippen molar-refractivity contribution in [2.45, 2.75) is 52.9 Å². The molecule has 0 spiro atoms. The summed E-state index contributed by atoms with van der Waals surface area (Å²) in [5.74, 6) is 0.994. The van der Waals surface area contributed by atoms with E-state index in [1.165, 1.54) is 30.0 Å². The Balaban J connectivity index is 2.38. The van der Waals surface area contributed by atoms with Crippen molar-refractivity contribution in [1.29, 1.82) is 0 Å². The van der Waals surface area contributed by atoms with Crippen LogP contribution in [0.4, 0.5) is 0 Å². The van der Waals surface area contributed by atoms with Gasteiger partial charge in [0, 0.05) is 33.2 Å². The number of rotatable bonds is 10. The van der Waals surface area contributed by atoms with Crippen LogP contribution in [0.25, 0.3) is 0 Å². The van der Waals surface area contributed by atoms with Crippen LogP contribution in [0.1, 0.15) is 52.9 Å². The zero-order valence-electron chi connectivity index (χ0n) is 15.2. The predicted octanol–water partition coefficient (Wildman–Crippen LogP) is 1.79. The minimum atomic E-state index is -3.08. The summed E-state index contributed by atoms with van der Waals surface area (Å²) in [4.78, 5) is 4.72. The van der Waals surface area contributed by atoms with E-state index in [1.54, 1.807) is 14.0 Å². The van der Waals surface area contributed by atoms with Gasteiger partial charge in [-0.3, -0.25) is 4.99 Å². The average Bonchev–Trinajstić information content (AvgIpc) is 2.50. The van der Waals surface area contributed by atoms with Crippen LogP contribution >= 0.6 is 0 Å². The summed E-state index contributed by atoms with van der Waals surface area (Å²) in [5, 5.41) is 6.57. The summed E-state index contributed by atoms with van der Waals surface area (Å²) in [6.45, 7) is 8.93. The van der Waals surface area contributed by atoms with Crippen LogP contribution in [0.5, 0.6) is 0 Å². The number of sulfonamides is 1. The molecular weight excluding hydrogens is 312 g/mol. The van der Waals surface area contributed by atoms with E-state index in [9.17, 15) is 8.42 Å². The van der Waals surface area contributed by atoms with Crippen LogP contribution in [0.3, 0.4) is 0 Å². The van der Waals surface area contributed by atoms with Gasteiger partial charge in [0.25, 0.3) is 0 Å². The highest BCUT2D eigenvalue weighted by molar-refractivity contribution is 7.89. The summed E-state index contributed by atoms with van der Waals surface area (Å²) in [5.41, 5.74) is 0.414. The number of hydrogen-bond acceptors (Lipinski definition) is 3. The van der Waals surface area contributed by atoms with Crippen LogP contribution in [0, 0.1) is 5.41 Å². The van der Waals surface area contributed by atoms with Crippen molar-refractivity contribution in [1.82, 2.24) is 14.9 Å². The molecule has 0 bridgehead atoms. The fourth-order valence-corrected chi connectivity index (χ4v) is 3.60. The topological polar surface area (TPSA) is 73.8 Å². The van der Waals surface area contributed by atoms with Gasteiger partial charge in [-0.05, 0) is 44.9 Å². The second kappa shape index (κ2) is 9.47. The zero-order chi connectivity index (χ0) is 17.3. The monoisotopic (exact) mass is 346 g/mol. The fraction of sp³-hybridized carbons (Fsp3) is 0.938. The first-order chi connectivity index (χ1) is 10.9. The first kappa shape index (κ1) is 20.2. The number of guanidine groups is 1. The van der Waals surface area contributed by atoms with Crippen molar-refractivity contribution < 1.29 is 8.42 Å². The van der Waals surface area contributed by atoms with E-state index in [1.807, 2.05) is 0 Å². The van der Waals surface area contributed by atoms with Crippen LogP contribution in [0.15, 0.2) is 4.99 Å². The van der Waals surface area contributed by atoms with Gasteiger partial charge in [-0.15, -0.1) is 0 Å². The molecule has 0 unspecified atom stereocenters. The average molecular weight is 347 g/mol.